The van der Waals surface area contributed by atoms with Crippen LogP contribution in [-0.2, 0) is 16.1 Å². The van der Waals surface area contributed by atoms with Crippen molar-refractivity contribution in [1.29, 1.82) is 0 Å². The third kappa shape index (κ3) is 4.37. The second kappa shape index (κ2) is 7.68. The monoisotopic (exact) mass is 274 g/mol. The molecule has 0 saturated heterocycles. The highest BCUT2D eigenvalue weighted by molar-refractivity contribution is 5.84. The molecule has 4 heteroatoms. The number of hydrogen-bond acceptors (Lipinski definition) is 3. The van der Waals surface area contributed by atoms with Crippen LogP contribution < -0.4 is 11.1 Å². The van der Waals surface area contributed by atoms with E-state index in [-0.39, 0.29) is 5.91 Å². The van der Waals surface area contributed by atoms with Gasteiger partial charge in [0.05, 0.1) is 6.54 Å². The van der Waals surface area contributed by atoms with Crippen LogP contribution in [0.15, 0.2) is 24.3 Å². The van der Waals surface area contributed by atoms with Crippen LogP contribution in [0, 0.1) is 11.8 Å². The van der Waals surface area contributed by atoms with Gasteiger partial charge in [-0.2, -0.15) is 0 Å². The zero-order chi connectivity index (χ0) is 15.0. The molecule has 0 saturated carbocycles. The number of ether oxygens (including phenoxy) is 1. The van der Waals surface area contributed by atoms with E-state index in [2.05, 4.69) is 17.2 Å². The van der Waals surface area contributed by atoms with Gasteiger partial charge in [0.15, 0.2) is 0 Å². The summed E-state index contributed by atoms with van der Waals surface area (Å²) in [6.45, 7) is 4.50. The molecule has 0 bridgehead atoms. The first kappa shape index (κ1) is 16.2. The summed E-state index contributed by atoms with van der Waals surface area (Å²) in [7, 11) is 1.55. The smallest absolute Gasteiger partial charge is 0.252 e. The average molecular weight is 274 g/mol. The van der Waals surface area contributed by atoms with E-state index in [0.717, 1.165) is 11.1 Å². The molecule has 20 heavy (non-hydrogen) atoms. The van der Waals surface area contributed by atoms with Crippen LogP contribution in [0.2, 0.25) is 0 Å². The fraction of sp³-hybridized carbons (Fsp3) is 0.438. The minimum Gasteiger partial charge on any atom is -0.369 e. The van der Waals surface area contributed by atoms with E-state index in [1.165, 1.54) is 0 Å². The Bertz CT molecular complexity index is 511. The van der Waals surface area contributed by atoms with E-state index in [1.807, 2.05) is 31.2 Å². The number of methoxy groups -OCH3 is 1. The molecule has 0 radical (unpaired) electrons. The molecular weight excluding hydrogens is 252 g/mol. The predicted octanol–water partition coefficient (Wildman–Crippen LogP) is 1.43. The molecule has 1 atom stereocenters. The largest absolute Gasteiger partial charge is 0.369 e. The normalized spacial score (nSPS) is 13.0. The van der Waals surface area contributed by atoms with Gasteiger partial charge in [0.2, 0.25) is 0 Å². The number of carbonyl (C=O) groups is 1. The second-order valence-electron chi connectivity index (χ2n) is 4.68. The van der Waals surface area contributed by atoms with E-state index in [0.29, 0.717) is 19.5 Å². The van der Waals surface area contributed by atoms with Crippen molar-refractivity contribution in [3.8, 4) is 11.8 Å². The van der Waals surface area contributed by atoms with Gasteiger partial charge >= 0.3 is 0 Å². The van der Waals surface area contributed by atoms with Crippen LogP contribution in [0.4, 0.5) is 0 Å². The summed E-state index contributed by atoms with van der Waals surface area (Å²) in [5, 5.41) is 2.89. The molecule has 1 rings (SSSR count). The Morgan fingerprint density at radius 3 is 2.85 bits per heavy atom. The number of carbonyl (C=O) groups excluding carboxylic acids is 1. The third-order valence-electron chi connectivity index (χ3n) is 3.32. The standard InChI is InChI=1S/C16H22N2O2/c1-4-16(2,20-3)15(19)18-12-14-8-5-7-13(11-14)9-6-10-17/h5,7-8,11H,4,10,12,17H2,1-3H3,(H,18,19). The summed E-state index contributed by atoms with van der Waals surface area (Å²) >= 11 is 0. The van der Waals surface area contributed by atoms with Crippen molar-refractivity contribution < 1.29 is 9.53 Å². The minimum atomic E-state index is -0.781. The lowest BCUT2D eigenvalue weighted by atomic mass is 10.0. The lowest BCUT2D eigenvalue weighted by Crippen LogP contribution is -2.45. The van der Waals surface area contributed by atoms with Crippen LogP contribution in [-0.4, -0.2) is 25.2 Å². The Hall–Kier alpha value is -1.83. The van der Waals surface area contributed by atoms with Gasteiger partial charge in [-0.15, -0.1) is 0 Å². The molecule has 3 N–H and O–H groups in total. The van der Waals surface area contributed by atoms with E-state index in [9.17, 15) is 4.79 Å². The Morgan fingerprint density at radius 1 is 1.50 bits per heavy atom. The molecule has 108 valence electrons. The minimum absolute atomic E-state index is 0.110. The predicted molar refractivity (Wildman–Crippen MR) is 79.9 cm³/mol. The molecule has 1 unspecified atom stereocenters. The zero-order valence-corrected chi connectivity index (χ0v) is 12.3. The van der Waals surface area contributed by atoms with Gasteiger partial charge in [-0.25, -0.2) is 0 Å². The molecule has 0 aliphatic heterocycles. The van der Waals surface area contributed by atoms with Crippen LogP contribution in [0.1, 0.15) is 31.4 Å². The molecule has 1 aromatic carbocycles. The van der Waals surface area contributed by atoms with Gasteiger partial charge < -0.3 is 15.8 Å². The van der Waals surface area contributed by atoms with Crippen molar-refractivity contribution in [2.75, 3.05) is 13.7 Å². The van der Waals surface area contributed by atoms with Crippen molar-refractivity contribution in [2.45, 2.75) is 32.4 Å². The Labute approximate surface area is 120 Å². The first-order valence-corrected chi connectivity index (χ1v) is 6.67. The Morgan fingerprint density at radius 2 is 2.25 bits per heavy atom. The fourth-order valence-electron chi connectivity index (χ4n) is 1.68. The molecular formula is C16H22N2O2. The highest BCUT2D eigenvalue weighted by atomic mass is 16.5. The molecule has 0 aromatic heterocycles. The zero-order valence-electron chi connectivity index (χ0n) is 12.3. The first-order chi connectivity index (χ1) is 9.55. The van der Waals surface area contributed by atoms with Crippen molar-refractivity contribution in [3.05, 3.63) is 35.4 Å². The highest BCUT2D eigenvalue weighted by Crippen LogP contribution is 2.14. The van der Waals surface area contributed by atoms with Gasteiger partial charge in [0.1, 0.15) is 5.60 Å². The summed E-state index contributed by atoms with van der Waals surface area (Å²) in [6.07, 6.45) is 0.622. The van der Waals surface area contributed by atoms with Gasteiger partial charge in [-0.3, -0.25) is 4.79 Å². The van der Waals surface area contributed by atoms with Crippen LogP contribution in [0.25, 0.3) is 0 Å². The van der Waals surface area contributed by atoms with Crippen molar-refractivity contribution in [1.82, 2.24) is 5.32 Å². The lowest BCUT2D eigenvalue weighted by Gasteiger charge is -2.25. The number of benzene rings is 1. The topological polar surface area (TPSA) is 64.3 Å². The molecule has 4 nitrogen and oxygen atoms in total. The van der Waals surface area contributed by atoms with E-state index in [1.54, 1.807) is 14.0 Å². The van der Waals surface area contributed by atoms with Gasteiger partial charge in [-0.1, -0.05) is 30.9 Å². The van der Waals surface area contributed by atoms with E-state index in [4.69, 9.17) is 10.5 Å². The third-order valence-corrected chi connectivity index (χ3v) is 3.32. The van der Waals surface area contributed by atoms with Crippen LogP contribution >= 0.6 is 0 Å². The van der Waals surface area contributed by atoms with Crippen LogP contribution in [0.3, 0.4) is 0 Å². The van der Waals surface area contributed by atoms with E-state index >= 15 is 0 Å². The second-order valence-corrected chi connectivity index (χ2v) is 4.68. The maximum atomic E-state index is 12.1. The molecule has 1 amide bonds. The first-order valence-electron chi connectivity index (χ1n) is 6.67. The number of nitrogens with one attached hydrogen (secondary N) is 1. The van der Waals surface area contributed by atoms with Gasteiger partial charge in [0.25, 0.3) is 5.91 Å². The summed E-state index contributed by atoms with van der Waals surface area (Å²) in [6, 6.07) is 7.72. The van der Waals surface area contributed by atoms with Gasteiger partial charge in [0, 0.05) is 19.2 Å². The number of rotatable bonds is 5. The highest BCUT2D eigenvalue weighted by Gasteiger charge is 2.30. The maximum Gasteiger partial charge on any atom is 0.252 e. The molecule has 0 fully saturated rings. The van der Waals surface area contributed by atoms with E-state index < -0.39 is 5.60 Å². The van der Waals surface area contributed by atoms with Crippen LogP contribution in [0.5, 0.6) is 0 Å². The Balaban J connectivity index is 2.68. The Kier molecular flexibility index (Phi) is 6.23. The average Bonchev–Trinajstić information content (AvgIpc) is 2.50. The summed E-state index contributed by atoms with van der Waals surface area (Å²) in [4.78, 5) is 12.1. The molecule has 0 aliphatic carbocycles. The number of nitrogens with two attached hydrogens (primary N) is 1. The van der Waals surface area contributed by atoms with Gasteiger partial charge in [-0.05, 0) is 31.0 Å². The SMILES string of the molecule is CCC(C)(OC)C(=O)NCc1cccc(C#CCN)c1. The molecule has 0 heterocycles. The fourth-order valence-corrected chi connectivity index (χ4v) is 1.68. The number of amides is 1. The quantitative estimate of drug-likeness (QED) is 0.798. The molecule has 0 aliphatic rings. The maximum absolute atomic E-state index is 12.1. The molecule has 1 aromatic rings. The summed E-state index contributed by atoms with van der Waals surface area (Å²) < 4.78 is 5.27. The summed E-state index contributed by atoms with van der Waals surface area (Å²) in [5.74, 6) is 5.67. The van der Waals surface area contributed by atoms with Crippen molar-refractivity contribution >= 4 is 5.91 Å². The molecule has 0 spiro atoms. The number of hydrogen-bond donors (Lipinski definition) is 2. The van der Waals surface area contributed by atoms with Crippen molar-refractivity contribution in [2.24, 2.45) is 5.73 Å². The lowest BCUT2D eigenvalue weighted by molar-refractivity contribution is -0.142. The van der Waals surface area contributed by atoms with Crippen molar-refractivity contribution in [3.63, 3.8) is 0 Å². The summed E-state index contributed by atoms with van der Waals surface area (Å²) in [5.41, 5.74) is 6.46.